The number of carbonyl (C=O) groups is 1. The van der Waals surface area contributed by atoms with E-state index in [1.165, 1.54) is 4.88 Å². The van der Waals surface area contributed by atoms with Crippen molar-refractivity contribution in [1.82, 2.24) is 9.55 Å². The molecule has 108 valence electrons. The smallest absolute Gasteiger partial charge is 0.303 e. The molecule has 2 heterocycles. The zero-order chi connectivity index (χ0) is 14.8. The molecule has 0 fully saturated rings. The van der Waals surface area contributed by atoms with Gasteiger partial charge < -0.3 is 9.67 Å². The standard InChI is InChI=1S/C16H16N2O2S/c1-11-17-8-13(21-11)10-18-9-12(6-7-16(19)20)14-4-2-3-5-15(14)18/h2-5,8-9H,6-7,10H2,1H3,(H,19,20). The van der Waals surface area contributed by atoms with Crippen LogP contribution >= 0.6 is 11.3 Å². The fourth-order valence-corrected chi connectivity index (χ4v) is 3.33. The molecule has 3 rings (SSSR count). The molecule has 0 aliphatic rings. The third-order valence-corrected chi connectivity index (χ3v) is 4.37. The summed E-state index contributed by atoms with van der Waals surface area (Å²) in [4.78, 5) is 16.3. The number of aryl methyl sites for hydroxylation is 2. The molecule has 5 heteroatoms. The van der Waals surface area contributed by atoms with Crippen LogP contribution in [0.15, 0.2) is 36.7 Å². The predicted octanol–water partition coefficient (Wildman–Crippen LogP) is 3.47. The highest BCUT2D eigenvalue weighted by molar-refractivity contribution is 7.11. The zero-order valence-corrected chi connectivity index (χ0v) is 12.6. The lowest BCUT2D eigenvalue weighted by atomic mass is 10.1. The fourth-order valence-electron chi connectivity index (χ4n) is 2.54. The van der Waals surface area contributed by atoms with Crippen LogP contribution in [0.5, 0.6) is 0 Å². The van der Waals surface area contributed by atoms with Gasteiger partial charge in [0.05, 0.1) is 11.6 Å². The number of aliphatic carboxylic acids is 1. The predicted molar refractivity (Wildman–Crippen MR) is 83.8 cm³/mol. The first-order chi connectivity index (χ1) is 10.1. The lowest BCUT2D eigenvalue weighted by Crippen LogP contribution is -1.97. The molecule has 21 heavy (non-hydrogen) atoms. The topological polar surface area (TPSA) is 55.1 Å². The van der Waals surface area contributed by atoms with Crippen LogP contribution in [0.25, 0.3) is 10.9 Å². The van der Waals surface area contributed by atoms with Gasteiger partial charge in [0.2, 0.25) is 0 Å². The summed E-state index contributed by atoms with van der Waals surface area (Å²) >= 11 is 1.69. The minimum Gasteiger partial charge on any atom is -0.481 e. The molecule has 4 nitrogen and oxygen atoms in total. The maximum Gasteiger partial charge on any atom is 0.303 e. The SMILES string of the molecule is Cc1ncc(Cn2cc(CCC(=O)O)c3ccccc32)s1. The molecule has 1 N–H and O–H groups in total. The van der Waals surface area contributed by atoms with E-state index >= 15 is 0 Å². The summed E-state index contributed by atoms with van der Waals surface area (Å²) in [6.45, 7) is 2.78. The highest BCUT2D eigenvalue weighted by Gasteiger charge is 2.10. The normalized spacial score (nSPS) is 11.1. The van der Waals surface area contributed by atoms with Crippen molar-refractivity contribution in [3.8, 4) is 0 Å². The molecule has 0 bridgehead atoms. The molecule has 1 aromatic carbocycles. The van der Waals surface area contributed by atoms with Crippen molar-refractivity contribution < 1.29 is 9.90 Å². The lowest BCUT2D eigenvalue weighted by molar-refractivity contribution is -0.136. The van der Waals surface area contributed by atoms with Crippen molar-refractivity contribution in [1.29, 1.82) is 0 Å². The molecule has 0 aliphatic heterocycles. The Balaban J connectivity index is 1.96. The Labute approximate surface area is 126 Å². The average molecular weight is 300 g/mol. The maximum atomic E-state index is 10.8. The van der Waals surface area contributed by atoms with Gasteiger partial charge in [-0.3, -0.25) is 4.79 Å². The largest absolute Gasteiger partial charge is 0.481 e. The monoisotopic (exact) mass is 300 g/mol. The highest BCUT2D eigenvalue weighted by Crippen LogP contribution is 2.24. The number of nitrogens with zero attached hydrogens (tertiary/aromatic N) is 2. The molecule has 0 amide bonds. The average Bonchev–Trinajstić information content (AvgIpc) is 3.02. The number of aromatic nitrogens is 2. The number of thiazole rings is 1. The first kappa shape index (κ1) is 13.8. The van der Waals surface area contributed by atoms with Gasteiger partial charge in [-0.2, -0.15) is 0 Å². The second-order valence-corrected chi connectivity index (χ2v) is 6.36. The van der Waals surface area contributed by atoms with Gasteiger partial charge in [0.25, 0.3) is 0 Å². The van der Waals surface area contributed by atoms with E-state index in [-0.39, 0.29) is 6.42 Å². The first-order valence-corrected chi connectivity index (χ1v) is 7.65. The Morgan fingerprint density at radius 2 is 2.19 bits per heavy atom. The maximum absolute atomic E-state index is 10.8. The third kappa shape index (κ3) is 2.97. The van der Waals surface area contributed by atoms with Crippen LogP contribution < -0.4 is 0 Å². The van der Waals surface area contributed by atoms with Gasteiger partial charge in [-0.25, -0.2) is 4.98 Å². The van der Waals surface area contributed by atoms with E-state index in [9.17, 15) is 4.79 Å². The number of rotatable bonds is 5. The van der Waals surface area contributed by atoms with E-state index < -0.39 is 5.97 Å². The number of carboxylic acids is 1. The molecule has 3 aromatic rings. The molecule has 0 saturated heterocycles. The Kier molecular flexibility index (Phi) is 3.75. The van der Waals surface area contributed by atoms with Crippen LogP contribution in [-0.4, -0.2) is 20.6 Å². The number of fused-ring (bicyclic) bond motifs is 1. The quantitative estimate of drug-likeness (QED) is 0.785. The number of para-hydroxylation sites is 1. The summed E-state index contributed by atoms with van der Waals surface area (Å²) in [5.41, 5.74) is 2.23. The Hall–Kier alpha value is -2.14. The van der Waals surface area contributed by atoms with E-state index in [2.05, 4.69) is 27.9 Å². The highest BCUT2D eigenvalue weighted by atomic mass is 32.1. The molecule has 0 saturated carbocycles. The van der Waals surface area contributed by atoms with E-state index in [0.717, 1.165) is 28.0 Å². The van der Waals surface area contributed by atoms with Crippen LogP contribution in [0, 0.1) is 6.92 Å². The van der Waals surface area contributed by atoms with Gasteiger partial charge >= 0.3 is 5.97 Å². The summed E-state index contributed by atoms with van der Waals surface area (Å²) in [7, 11) is 0. The summed E-state index contributed by atoms with van der Waals surface area (Å²) < 4.78 is 2.18. The molecule has 2 aromatic heterocycles. The van der Waals surface area contributed by atoms with E-state index in [0.29, 0.717) is 6.42 Å². The van der Waals surface area contributed by atoms with Gasteiger partial charge in [-0.05, 0) is 25.0 Å². The van der Waals surface area contributed by atoms with Gasteiger partial charge in [0.15, 0.2) is 0 Å². The van der Waals surface area contributed by atoms with E-state index in [1.807, 2.05) is 25.3 Å². The van der Waals surface area contributed by atoms with Gasteiger partial charge in [-0.15, -0.1) is 11.3 Å². The van der Waals surface area contributed by atoms with Gasteiger partial charge in [0, 0.05) is 34.6 Å². The molecule has 0 aliphatic carbocycles. The second-order valence-electron chi connectivity index (χ2n) is 5.04. The minimum atomic E-state index is -0.759. The van der Waals surface area contributed by atoms with Crippen molar-refractivity contribution in [2.75, 3.05) is 0 Å². The van der Waals surface area contributed by atoms with Crippen LogP contribution in [0.2, 0.25) is 0 Å². The number of hydrogen-bond donors (Lipinski definition) is 1. The zero-order valence-electron chi connectivity index (χ0n) is 11.7. The number of carboxylic acid groups (broad SMARTS) is 1. The van der Waals surface area contributed by atoms with Gasteiger partial charge in [0.1, 0.15) is 0 Å². The molecular weight excluding hydrogens is 284 g/mol. The van der Waals surface area contributed by atoms with Crippen molar-refractivity contribution >= 4 is 28.2 Å². The lowest BCUT2D eigenvalue weighted by Gasteiger charge is -2.02. The van der Waals surface area contributed by atoms with Crippen molar-refractivity contribution in [2.24, 2.45) is 0 Å². The number of benzene rings is 1. The summed E-state index contributed by atoms with van der Waals surface area (Å²) in [6, 6.07) is 8.14. The molecular formula is C16H16N2O2S. The summed E-state index contributed by atoms with van der Waals surface area (Å²) in [6.07, 6.45) is 4.70. The Bertz CT molecular complexity index is 789. The minimum absolute atomic E-state index is 0.160. The molecule has 0 atom stereocenters. The van der Waals surface area contributed by atoms with Crippen LogP contribution in [-0.2, 0) is 17.8 Å². The third-order valence-electron chi connectivity index (χ3n) is 3.47. The van der Waals surface area contributed by atoms with Crippen LogP contribution in [0.1, 0.15) is 21.9 Å². The van der Waals surface area contributed by atoms with Crippen LogP contribution in [0.3, 0.4) is 0 Å². The molecule has 0 spiro atoms. The van der Waals surface area contributed by atoms with Gasteiger partial charge in [-0.1, -0.05) is 18.2 Å². The summed E-state index contributed by atoms with van der Waals surface area (Å²) in [5.74, 6) is -0.759. The first-order valence-electron chi connectivity index (χ1n) is 6.83. The molecule has 0 unspecified atom stereocenters. The van der Waals surface area contributed by atoms with E-state index in [1.54, 1.807) is 11.3 Å². The van der Waals surface area contributed by atoms with Crippen molar-refractivity contribution in [2.45, 2.75) is 26.3 Å². The number of hydrogen-bond acceptors (Lipinski definition) is 3. The van der Waals surface area contributed by atoms with Crippen molar-refractivity contribution in [3.05, 3.63) is 52.1 Å². The second kappa shape index (κ2) is 5.69. The van der Waals surface area contributed by atoms with Crippen molar-refractivity contribution in [3.63, 3.8) is 0 Å². The van der Waals surface area contributed by atoms with Crippen LogP contribution in [0.4, 0.5) is 0 Å². The van der Waals surface area contributed by atoms with E-state index in [4.69, 9.17) is 5.11 Å². The summed E-state index contributed by atoms with van der Waals surface area (Å²) in [5, 5.41) is 11.1. The molecule has 0 radical (unpaired) electrons. The fraction of sp³-hybridized carbons (Fsp3) is 0.250. The Morgan fingerprint density at radius 1 is 1.38 bits per heavy atom. The Morgan fingerprint density at radius 3 is 2.90 bits per heavy atom.